The summed E-state index contributed by atoms with van der Waals surface area (Å²) in [6.45, 7) is 2.10. The van der Waals surface area contributed by atoms with Crippen molar-refractivity contribution in [1.29, 1.82) is 0 Å². The van der Waals surface area contributed by atoms with Gasteiger partial charge in [0.1, 0.15) is 12.4 Å². The summed E-state index contributed by atoms with van der Waals surface area (Å²) < 4.78 is 1.52. The maximum Gasteiger partial charge on any atom is 0.244 e. The lowest BCUT2D eigenvalue weighted by atomic mass is 10.1. The number of nitrogen functional groups attached to an aromatic ring is 1. The van der Waals surface area contributed by atoms with Crippen molar-refractivity contribution in [1.82, 2.24) is 14.7 Å². The zero-order chi connectivity index (χ0) is 14.7. The van der Waals surface area contributed by atoms with Gasteiger partial charge in [-0.15, -0.1) is 0 Å². The Morgan fingerprint density at radius 3 is 2.75 bits per heavy atom. The summed E-state index contributed by atoms with van der Waals surface area (Å²) in [4.78, 5) is 13.9. The van der Waals surface area contributed by atoms with Crippen LogP contribution in [0.5, 0.6) is 0 Å². The zero-order valence-corrected chi connectivity index (χ0v) is 12.2. The molecule has 1 heterocycles. The van der Waals surface area contributed by atoms with E-state index in [0.717, 1.165) is 5.56 Å². The number of benzene rings is 1. The van der Waals surface area contributed by atoms with E-state index in [1.807, 2.05) is 31.2 Å². The van der Waals surface area contributed by atoms with Crippen LogP contribution in [0.3, 0.4) is 0 Å². The van der Waals surface area contributed by atoms with Gasteiger partial charge >= 0.3 is 0 Å². The van der Waals surface area contributed by atoms with Gasteiger partial charge in [0.15, 0.2) is 0 Å². The van der Waals surface area contributed by atoms with Crippen LogP contribution in [0.4, 0.5) is 5.82 Å². The van der Waals surface area contributed by atoms with E-state index >= 15 is 0 Å². The fraction of sp³-hybridized carbons (Fsp3) is 0.286. The molecule has 1 amide bonds. The first-order valence-corrected chi connectivity index (χ1v) is 6.66. The number of nitrogens with two attached hydrogens (primary N) is 1. The number of amides is 1. The topological polar surface area (TPSA) is 64.2 Å². The number of carbonyl (C=O) groups excluding carboxylic acids is 1. The molecule has 0 aliphatic rings. The average Bonchev–Trinajstić information content (AvgIpc) is 2.83. The number of hydrogen-bond acceptors (Lipinski definition) is 3. The summed E-state index contributed by atoms with van der Waals surface area (Å²) in [5, 5.41) is 4.66. The molecule has 2 rings (SSSR count). The van der Waals surface area contributed by atoms with E-state index < -0.39 is 0 Å². The molecule has 0 spiro atoms. The number of carbonyl (C=O) groups is 1. The SMILES string of the molecule is CC(c1ccccc1Cl)N(C)C(=O)Cn1ccc(N)n1. The number of hydrogen-bond donors (Lipinski definition) is 1. The average molecular weight is 293 g/mol. The number of likely N-dealkylation sites (N-methyl/N-ethyl adjacent to an activating group) is 1. The number of rotatable bonds is 4. The predicted octanol–water partition coefficient (Wildman–Crippen LogP) is 2.34. The molecular weight excluding hydrogens is 276 g/mol. The maximum atomic E-state index is 12.2. The Morgan fingerprint density at radius 1 is 1.45 bits per heavy atom. The van der Waals surface area contributed by atoms with Crippen LogP contribution in [-0.2, 0) is 11.3 Å². The molecule has 1 unspecified atom stereocenters. The third kappa shape index (κ3) is 3.11. The van der Waals surface area contributed by atoms with Crippen molar-refractivity contribution in [2.24, 2.45) is 0 Å². The highest BCUT2D eigenvalue weighted by atomic mass is 35.5. The quantitative estimate of drug-likeness (QED) is 0.941. The number of halogens is 1. The van der Waals surface area contributed by atoms with Gasteiger partial charge in [0.25, 0.3) is 0 Å². The third-order valence-corrected chi connectivity index (χ3v) is 3.63. The Labute approximate surface area is 122 Å². The van der Waals surface area contributed by atoms with Crippen LogP contribution in [0.2, 0.25) is 5.02 Å². The lowest BCUT2D eigenvalue weighted by Gasteiger charge is -2.26. The minimum atomic E-state index is -0.107. The van der Waals surface area contributed by atoms with E-state index in [-0.39, 0.29) is 18.5 Å². The van der Waals surface area contributed by atoms with Crippen LogP contribution < -0.4 is 5.73 Å². The molecule has 0 saturated heterocycles. The molecule has 0 fully saturated rings. The van der Waals surface area contributed by atoms with Gasteiger partial charge in [0.2, 0.25) is 5.91 Å². The number of aromatic nitrogens is 2. The van der Waals surface area contributed by atoms with Gasteiger partial charge in [-0.05, 0) is 24.6 Å². The van der Waals surface area contributed by atoms with Crippen molar-refractivity contribution < 1.29 is 4.79 Å². The van der Waals surface area contributed by atoms with Gasteiger partial charge < -0.3 is 10.6 Å². The second kappa shape index (κ2) is 5.96. The molecule has 5 nitrogen and oxygen atoms in total. The molecule has 106 valence electrons. The van der Waals surface area contributed by atoms with Crippen LogP contribution in [0.1, 0.15) is 18.5 Å². The molecule has 20 heavy (non-hydrogen) atoms. The van der Waals surface area contributed by atoms with E-state index in [2.05, 4.69) is 5.10 Å². The maximum absolute atomic E-state index is 12.2. The number of anilines is 1. The monoisotopic (exact) mass is 292 g/mol. The van der Waals surface area contributed by atoms with Gasteiger partial charge in [-0.1, -0.05) is 29.8 Å². The fourth-order valence-corrected chi connectivity index (χ4v) is 2.25. The van der Waals surface area contributed by atoms with Crippen LogP contribution in [-0.4, -0.2) is 27.6 Å². The molecule has 1 atom stereocenters. The van der Waals surface area contributed by atoms with Gasteiger partial charge in [-0.3, -0.25) is 9.48 Å². The van der Waals surface area contributed by atoms with Gasteiger partial charge in [0.05, 0.1) is 6.04 Å². The molecule has 0 saturated carbocycles. The first kappa shape index (κ1) is 14.4. The van der Waals surface area contributed by atoms with Crippen molar-refractivity contribution >= 4 is 23.3 Å². The Bertz CT molecular complexity index is 611. The Morgan fingerprint density at radius 2 is 2.15 bits per heavy atom. The first-order chi connectivity index (χ1) is 9.49. The van der Waals surface area contributed by atoms with E-state index in [4.69, 9.17) is 17.3 Å². The number of nitrogens with zero attached hydrogens (tertiary/aromatic N) is 3. The zero-order valence-electron chi connectivity index (χ0n) is 11.5. The molecule has 0 radical (unpaired) electrons. The molecule has 1 aromatic heterocycles. The van der Waals surface area contributed by atoms with Crippen LogP contribution >= 0.6 is 11.6 Å². The summed E-state index contributed by atoms with van der Waals surface area (Å²) >= 11 is 6.16. The summed E-state index contributed by atoms with van der Waals surface area (Å²) in [7, 11) is 1.75. The molecule has 1 aromatic carbocycles. The van der Waals surface area contributed by atoms with Crippen molar-refractivity contribution in [2.45, 2.75) is 19.5 Å². The van der Waals surface area contributed by atoms with Crippen molar-refractivity contribution in [3.8, 4) is 0 Å². The molecule has 6 heteroatoms. The minimum absolute atomic E-state index is 0.0551. The van der Waals surface area contributed by atoms with Crippen molar-refractivity contribution in [2.75, 3.05) is 12.8 Å². The second-order valence-electron chi connectivity index (χ2n) is 4.64. The minimum Gasteiger partial charge on any atom is -0.382 e. The highest BCUT2D eigenvalue weighted by Crippen LogP contribution is 2.26. The molecule has 0 aliphatic heterocycles. The van der Waals surface area contributed by atoms with E-state index in [1.165, 1.54) is 4.68 Å². The predicted molar refractivity (Wildman–Crippen MR) is 79.3 cm³/mol. The van der Waals surface area contributed by atoms with E-state index in [0.29, 0.717) is 10.8 Å². The summed E-state index contributed by atoms with van der Waals surface area (Å²) in [6.07, 6.45) is 1.68. The van der Waals surface area contributed by atoms with Crippen LogP contribution in [0.25, 0.3) is 0 Å². The van der Waals surface area contributed by atoms with Crippen molar-refractivity contribution in [3.63, 3.8) is 0 Å². The summed E-state index contributed by atoms with van der Waals surface area (Å²) in [5.41, 5.74) is 6.45. The molecular formula is C14H17ClN4O. The van der Waals surface area contributed by atoms with Gasteiger partial charge in [-0.2, -0.15) is 5.10 Å². The van der Waals surface area contributed by atoms with E-state index in [1.54, 1.807) is 24.2 Å². The Kier molecular flexibility index (Phi) is 4.29. The van der Waals surface area contributed by atoms with Crippen LogP contribution in [0, 0.1) is 0 Å². The molecule has 0 bridgehead atoms. The smallest absolute Gasteiger partial charge is 0.244 e. The fourth-order valence-electron chi connectivity index (χ4n) is 1.95. The lowest BCUT2D eigenvalue weighted by molar-refractivity contribution is -0.132. The molecule has 2 aromatic rings. The lowest BCUT2D eigenvalue weighted by Crippen LogP contribution is -2.32. The molecule has 2 N–H and O–H groups in total. The highest BCUT2D eigenvalue weighted by Gasteiger charge is 2.19. The van der Waals surface area contributed by atoms with E-state index in [9.17, 15) is 4.79 Å². The molecule has 0 aliphatic carbocycles. The highest BCUT2D eigenvalue weighted by molar-refractivity contribution is 6.31. The van der Waals surface area contributed by atoms with Gasteiger partial charge in [-0.25, -0.2) is 0 Å². The standard InChI is InChI=1S/C14H17ClN4O/c1-10(11-5-3-4-6-12(11)15)18(2)14(20)9-19-8-7-13(16)17-19/h3-8,10H,9H2,1-2H3,(H2,16,17). The summed E-state index contributed by atoms with van der Waals surface area (Å²) in [5.74, 6) is 0.347. The summed E-state index contributed by atoms with van der Waals surface area (Å²) in [6, 6.07) is 9.06. The Hall–Kier alpha value is -2.01. The second-order valence-corrected chi connectivity index (χ2v) is 5.05. The van der Waals surface area contributed by atoms with Crippen LogP contribution in [0.15, 0.2) is 36.5 Å². The third-order valence-electron chi connectivity index (χ3n) is 3.29. The van der Waals surface area contributed by atoms with Gasteiger partial charge in [0, 0.05) is 18.3 Å². The first-order valence-electron chi connectivity index (χ1n) is 6.28. The normalized spacial score (nSPS) is 12.2. The van der Waals surface area contributed by atoms with Crippen molar-refractivity contribution in [3.05, 3.63) is 47.1 Å². The Balaban J connectivity index is 2.08. The largest absolute Gasteiger partial charge is 0.382 e.